The zero-order valence-electron chi connectivity index (χ0n) is 9.28. The highest BCUT2D eigenvalue weighted by molar-refractivity contribution is 7.90. The molecule has 18 heavy (non-hydrogen) atoms. The van der Waals surface area contributed by atoms with Gasteiger partial charge in [-0.05, 0) is 36.4 Å². The van der Waals surface area contributed by atoms with Crippen molar-refractivity contribution in [1.29, 1.82) is 0 Å². The molecule has 0 spiro atoms. The Morgan fingerprint density at radius 1 is 1.11 bits per heavy atom. The van der Waals surface area contributed by atoms with E-state index in [0.29, 0.717) is 5.76 Å². The van der Waals surface area contributed by atoms with Crippen molar-refractivity contribution in [2.75, 3.05) is 0 Å². The fourth-order valence-electron chi connectivity index (χ4n) is 1.43. The van der Waals surface area contributed by atoms with E-state index in [1.807, 2.05) is 0 Å². The van der Waals surface area contributed by atoms with Crippen LogP contribution in [0.3, 0.4) is 0 Å². The summed E-state index contributed by atoms with van der Waals surface area (Å²) in [5.74, 6) is 0.158. The van der Waals surface area contributed by atoms with E-state index in [1.54, 1.807) is 30.5 Å². The summed E-state index contributed by atoms with van der Waals surface area (Å²) in [5.41, 5.74) is 10.9. The van der Waals surface area contributed by atoms with Crippen molar-refractivity contribution >= 4 is 16.0 Å². The van der Waals surface area contributed by atoms with Gasteiger partial charge in [-0.1, -0.05) is 0 Å². The Labute approximate surface area is 104 Å². The van der Waals surface area contributed by atoms with Gasteiger partial charge in [0.1, 0.15) is 5.76 Å². The third-order valence-electron chi connectivity index (χ3n) is 2.18. The maximum Gasteiger partial charge on any atom is 0.285 e. The van der Waals surface area contributed by atoms with Crippen LogP contribution in [0, 0.1) is 0 Å². The molecule has 0 aliphatic carbocycles. The van der Waals surface area contributed by atoms with Crippen molar-refractivity contribution in [2.45, 2.75) is 4.90 Å². The van der Waals surface area contributed by atoms with Crippen LogP contribution in [-0.2, 0) is 10.0 Å². The molecule has 0 fully saturated rings. The maximum absolute atomic E-state index is 11.7. The number of sulfonamides is 1. The van der Waals surface area contributed by atoms with Crippen LogP contribution in [0.25, 0.3) is 11.3 Å². The minimum atomic E-state index is -3.84. The second kappa shape index (κ2) is 4.53. The summed E-state index contributed by atoms with van der Waals surface area (Å²) >= 11 is 0. The van der Waals surface area contributed by atoms with Gasteiger partial charge in [0.15, 0.2) is 0 Å². The van der Waals surface area contributed by atoms with E-state index in [0.717, 1.165) is 5.56 Å². The predicted octanol–water partition coefficient (Wildman–Crippen LogP) is 0.909. The summed E-state index contributed by atoms with van der Waals surface area (Å²) in [7, 11) is -3.84. The molecule has 1 aromatic heterocycles. The first-order valence-electron chi connectivity index (χ1n) is 4.99. The Kier molecular flexibility index (Phi) is 3.07. The van der Waals surface area contributed by atoms with Crippen LogP contribution < -0.4 is 11.5 Å². The highest BCUT2D eigenvalue weighted by Gasteiger charge is 2.13. The molecule has 0 saturated carbocycles. The molecule has 2 aromatic rings. The zero-order chi connectivity index (χ0) is 13.2. The van der Waals surface area contributed by atoms with Gasteiger partial charge in [-0.3, -0.25) is 0 Å². The van der Waals surface area contributed by atoms with Gasteiger partial charge in [0.2, 0.25) is 5.96 Å². The van der Waals surface area contributed by atoms with Crippen LogP contribution in [0.15, 0.2) is 56.4 Å². The lowest BCUT2D eigenvalue weighted by molar-refractivity contribution is 0.582. The average Bonchev–Trinajstić information content (AvgIpc) is 2.81. The summed E-state index contributed by atoms with van der Waals surface area (Å²) in [6.07, 6.45) is 1.54. The molecular weight excluding hydrogens is 254 g/mol. The van der Waals surface area contributed by atoms with Crippen LogP contribution >= 0.6 is 0 Å². The van der Waals surface area contributed by atoms with Crippen molar-refractivity contribution in [1.82, 2.24) is 0 Å². The molecule has 0 saturated heterocycles. The molecule has 0 radical (unpaired) electrons. The van der Waals surface area contributed by atoms with E-state index in [-0.39, 0.29) is 4.90 Å². The van der Waals surface area contributed by atoms with Crippen LogP contribution in [0.4, 0.5) is 0 Å². The molecule has 7 heteroatoms. The molecule has 0 atom stereocenters. The fourth-order valence-corrected chi connectivity index (χ4v) is 2.29. The number of nitrogens with zero attached hydrogens (tertiary/aromatic N) is 1. The first kappa shape index (κ1) is 12.2. The van der Waals surface area contributed by atoms with Gasteiger partial charge in [0, 0.05) is 5.56 Å². The second-order valence-electron chi connectivity index (χ2n) is 3.49. The van der Waals surface area contributed by atoms with Crippen molar-refractivity contribution in [2.24, 2.45) is 15.9 Å². The Hall–Kier alpha value is -2.28. The van der Waals surface area contributed by atoms with Gasteiger partial charge >= 0.3 is 0 Å². The van der Waals surface area contributed by atoms with Gasteiger partial charge in [0.25, 0.3) is 10.0 Å². The molecule has 4 N–H and O–H groups in total. The van der Waals surface area contributed by atoms with Crippen LogP contribution in [0.1, 0.15) is 0 Å². The zero-order valence-corrected chi connectivity index (χ0v) is 10.1. The van der Waals surface area contributed by atoms with Crippen molar-refractivity contribution in [3.05, 3.63) is 42.7 Å². The summed E-state index contributed by atoms with van der Waals surface area (Å²) in [6.45, 7) is 0. The summed E-state index contributed by atoms with van der Waals surface area (Å²) < 4.78 is 31.7. The average molecular weight is 265 g/mol. The van der Waals surface area contributed by atoms with Crippen molar-refractivity contribution in [3.8, 4) is 11.3 Å². The molecule has 1 aromatic carbocycles. The SMILES string of the molecule is NC(N)=NS(=O)(=O)c1ccc(-c2ccco2)cc1. The van der Waals surface area contributed by atoms with Gasteiger partial charge in [-0.2, -0.15) is 8.42 Å². The summed E-state index contributed by atoms with van der Waals surface area (Å²) in [5, 5.41) is 0. The lowest BCUT2D eigenvalue weighted by atomic mass is 10.2. The van der Waals surface area contributed by atoms with Crippen molar-refractivity contribution < 1.29 is 12.8 Å². The number of nitrogens with two attached hydrogens (primary N) is 2. The first-order valence-corrected chi connectivity index (χ1v) is 6.43. The highest BCUT2D eigenvalue weighted by atomic mass is 32.2. The first-order chi connectivity index (χ1) is 8.49. The van der Waals surface area contributed by atoms with E-state index in [4.69, 9.17) is 15.9 Å². The highest BCUT2D eigenvalue weighted by Crippen LogP contribution is 2.22. The quantitative estimate of drug-likeness (QED) is 0.632. The Morgan fingerprint density at radius 2 is 1.78 bits per heavy atom. The third-order valence-corrected chi connectivity index (χ3v) is 3.50. The standard InChI is InChI=1S/C11H11N3O3S/c12-11(13)14-18(15,16)9-5-3-8(4-6-9)10-2-1-7-17-10/h1-7H,(H4,12,13,14). The number of hydrogen-bond acceptors (Lipinski definition) is 3. The third kappa shape index (κ3) is 2.51. The molecule has 2 rings (SSSR count). The molecule has 0 aliphatic heterocycles. The van der Waals surface area contributed by atoms with Gasteiger partial charge < -0.3 is 15.9 Å². The monoisotopic (exact) mass is 265 g/mol. The fraction of sp³-hybridized carbons (Fsp3) is 0. The molecule has 0 amide bonds. The second-order valence-corrected chi connectivity index (χ2v) is 5.10. The Balaban J connectivity index is 2.37. The molecule has 0 unspecified atom stereocenters. The van der Waals surface area contributed by atoms with E-state index in [9.17, 15) is 8.42 Å². The number of guanidine groups is 1. The van der Waals surface area contributed by atoms with Gasteiger partial charge in [-0.15, -0.1) is 4.40 Å². The van der Waals surface area contributed by atoms with Gasteiger partial charge in [0.05, 0.1) is 11.2 Å². The summed E-state index contributed by atoms with van der Waals surface area (Å²) in [4.78, 5) is 0.0196. The number of rotatable bonds is 3. The summed E-state index contributed by atoms with van der Waals surface area (Å²) in [6, 6.07) is 9.60. The molecule has 0 aliphatic rings. The van der Waals surface area contributed by atoms with E-state index in [1.165, 1.54) is 12.1 Å². The topological polar surface area (TPSA) is 112 Å². The molecular formula is C11H11N3O3S. The number of benzene rings is 1. The smallest absolute Gasteiger partial charge is 0.285 e. The van der Waals surface area contributed by atoms with Crippen LogP contribution in [0.2, 0.25) is 0 Å². The Morgan fingerprint density at radius 3 is 2.28 bits per heavy atom. The minimum Gasteiger partial charge on any atom is -0.464 e. The number of hydrogen-bond donors (Lipinski definition) is 2. The van der Waals surface area contributed by atoms with Crippen LogP contribution in [-0.4, -0.2) is 14.4 Å². The largest absolute Gasteiger partial charge is 0.464 e. The van der Waals surface area contributed by atoms with E-state index in [2.05, 4.69) is 4.40 Å². The minimum absolute atomic E-state index is 0.0196. The molecule has 0 bridgehead atoms. The molecule has 94 valence electrons. The number of furan rings is 1. The lowest BCUT2D eigenvalue weighted by Crippen LogP contribution is -2.24. The van der Waals surface area contributed by atoms with E-state index < -0.39 is 16.0 Å². The van der Waals surface area contributed by atoms with Crippen LogP contribution in [0.5, 0.6) is 0 Å². The van der Waals surface area contributed by atoms with E-state index >= 15 is 0 Å². The lowest BCUT2D eigenvalue weighted by Gasteiger charge is -2.01. The normalized spacial score (nSPS) is 11.1. The van der Waals surface area contributed by atoms with Crippen molar-refractivity contribution in [3.63, 3.8) is 0 Å². The molecule has 1 heterocycles. The predicted molar refractivity (Wildman–Crippen MR) is 67.1 cm³/mol. The molecule has 6 nitrogen and oxygen atoms in total. The van der Waals surface area contributed by atoms with Gasteiger partial charge in [-0.25, -0.2) is 0 Å². The maximum atomic E-state index is 11.7. The Bertz CT molecular complexity index is 654.